The van der Waals surface area contributed by atoms with Crippen LogP contribution in [0.25, 0.3) is 0 Å². The lowest BCUT2D eigenvalue weighted by molar-refractivity contribution is -0.111. The number of nitrogens with one attached hydrogen (secondary N) is 1. The largest absolute Gasteiger partial charge is 0.402 e. The first-order valence-corrected chi connectivity index (χ1v) is 3.83. The van der Waals surface area contributed by atoms with Crippen LogP contribution in [0.5, 0.6) is 0 Å². The Balaban J connectivity index is 2.61. The van der Waals surface area contributed by atoms with E-state index < -0.39 is 0 Å². The smallest absolute Gasteiger partial charge is 0.250 e. The molecule has 4 nitrogen and oxygen atoms in total. The van der Waals surface area contributed by atoms with Crippen molar-refractivity contribution in [2.75, 3.05) is 5.32 Å². The number of carbonyl (C=O) groups is 1. The van der Waals surface area contributed by atoms with E-state index in [9.17, 15) is 4.79 Å². The average Bonchev–Trinajstić information content (AvgIpc) is 2.04. The molecule has 1 rings (SSSR count). The maximum Gasteiger partial charge on any atom is 0.250 e. The van der Waals surface area contributed by atoms with Gasteiger partial charge >= 0.3 is 0 Å². The number of allylic oxidation sites excluding steroid dienone is 1. The van der Waals surface area contributed by atoms with Crippen molar-refractivity contribution in [2.24, 2.45) is 5.73 Å². The molecular formula is C9H11N3O. The van der Waals surface area contributed by atoms with Gasteiger partial charge in [-0.2, -0.15) is 0 Å². The SMILES string of the molecule is C/C(N)=C/C(=O)Nc1cccnc1. The molecule has 0 aliphatic rings. The minimum absolute atomic E-state index is 0.243. The van der Waals surface area contributed by atoms with Gasteiger partial charge in [0.25, 0.3) is 0 Å². The highest BCUT2D eigenvalue weighted by molar-refractivity contribution is 5.99. The van der Waals surface area contributed by atoms with Crippen molar-refractivity contribution in [1.29, 1.82) is 0 Å². The number of hydrogen-bond donors (Lipinski definition) is 2. The fourth-order valence-corrected chi connectivity index (χ4v) is 0.822. The van der Waals surface area contributed by atoms with Crippen molar-refractivity contribution in [3.63, 3.8) is 0 Å². The van der Waals surface area contributed by atoms with Crippen molar-refractivity contribution < 1.29 is 4.79 Å². The third-order valence-electron chi connectivity index (χ3n) is 1.29. The Kier molecular flexibility index (Phi) is 3.03. The highest BCUT2D eigenvalue weighted by atomic mass is 16.1. The van der Waals surface area contributed by atoms with Crippen LogP contribution in [0.3, 0.4) is 0 Å². The molecule has 4 heteroatoms. The summed E-state index contributed by atoms with van der Waals surface area (Å²) >= 11 is 0. The molecule has 0 spiro atoms. The Bertz CT molecular complexity index is 315. The van der Waals surface area contributed by atoms with Gasteiger partial charge in [0, 0.05) is 18.0 Å². The molecule has 1 amide bonds. The summed E-state index contributed by atoms with van der Waals surface area (Å²) in [6, 6.07) is 3.50. The predicted molar refractivity (Wildman–Crippen MR) is 50.8 cm³/mol. The van der Waals surface area contributed by atoms with Crippen LogP contribution < -0.4 is 11.1 Å². The van der Waals surface area contributed by atoms with Crippen LogP contribution in [-0.2, 0) is 4.79 Å². The van der Waals surface area contributed by atoms with Gasteiger partial charge in [0.05, 0.1) is 11.9 Å². The first kappa shape index (κ1) is 9.25. The van der Waals surface area contributed by atoms with Gasteiger partial charge in [-0.15, -0.1) is 0 Å². The van der Waals surface area contributed by atoms with Crippen LogP contribution in [0.1, 0.15) is 6.92 Å². The summed E-state index contributed by atoms with van der Waals surface area (Å²) in [4.78, 5) is 15.0. The molecule has 0 radical (unpaired) electrons. The van der Waals surface area contributed by atoms with E-state index in [4.69, 9.17) is 5.73 Å². The molecule has 1 aromatic heterocycles. The van der Waals surface area contributed by atoms with Gasteiger partial charge in [0.2, 0.25) is 5.91 Å². The standard InChI is InChI=1S/C9H11N3O/c1-7(10)5-9(13)12-8-3-2-4-11-6-8/h2-6H,10H2,1H3,(H,12,13)/b7-5-. The lowest BCUT2D eigenvalue weighted by atomic mass is 10.4. The second-order valence-electron chi connectivity index (χ2n) is 2.62. The molecule has 0 atom stereocenters. The monoisotopic (exact) mass is 177 g/mol. The third kappa shape index (κ3) is 3.37. The molecule has 0 bridgehead atoms. The summed E-state index contributed by atoms with van der Waals surface area (Å²) in [5, 5.41) is 2.62. The number of anilines is 1. The van der Waals surface area contributed by atoms with Crippen LogP contribution in [0.15, 0.2) is 36.3 Å². The van der Waals surface area contributed by atoms with Crippen molar-refractivity contribution in [1.82, 2.24) is 4.98 Å². The summed E-state index contributed by atoms with van der Waals surface area (Å²) < 4.78 is 0. The molecule has 0 saturated heterocycles. The number of aromatic nitrogens is 1. The maximum absolute atomic E-state index is 11.1. The Morgan fingerprint density at radius 2 is 2.46 bits per heavy atom. The van der Waals surface area contributed by atoms with Gasteiger partial charge in [0.1, 0.15) is 0 Å². The zero-order valence-corrected chi connectivity index (χ0v) is 7.32. The summed E-state index contributed by atoms with van der Waals surface area (Å²) in [5.41, 5.74) is 6.46. The highest BCUT2D eigenvalue weighted by Crippen LogP contribution is 2.02. The molecule has 0 aliphatic heterocycles. The van der Waals surface area contributed by atoms with Crippen molar-refractivity contribution in [3.05, 3.63) is 36.3 Å². The fraction of sp³-hybridized carbons (Fsp3) is 0.111. The molecule has 13 heavy (non-hydrogen) atoms. The van der Waals surface area contributed by atoms with Crippen LogP contribution in [0.4, 0.5) is 5.69 Å². The van der Waals surface area contributed by atoms with E-state index in [-0.39, 0.29) is 5.91 Å². The van der Waals surface area contributed by atoms with E-state index in [1.54, 1.807) is 31.5 Å². The van der Waals surface area contributed by atoms with Gasteiger partial charge in [-0.05, 0) is 19.1 Å². The van der Waals surface area contributed by atoms with Gasteiger partial charge < -0.3 is 11.1 Å². The average molecular weight is 177 g/mol. The number of amides is 1. The lowest BCUT2D eigenvalue weighted by Gasteiger charge is -2.00. The van der Waals surface area contributed by atoms with Gasteiger partial charge in [0.15, 0.2) is 0 Å². The van der Waals surface area contributed by atoms with Crippen molar-refractivity contribution >= 4 is 11.6 Å². The highest BCUT2D eigenvalue weighted by Gasteiger charge is 1.96. The number of carbonyl (C=O) groups excluding carboxylic acids is 1. The van der Waals surface area contributed by atoms with Gasteiger partial charge in [-0.3, -0.25) is 9.78 Å². The van der Waals surface area contributed by atoms with Gasteiger partial charge in [-0.1, -0.05) is 0 Å². The fourth-order valence-electron chi connectivity index (χ4n) is 0.822. The molecule has 0 unspecified atom stereocenters. The molecular weight excluding hydrogens is 166 g/mol. The number of pyridine rings is 1. The molecule has 3 N–H and O–H groups in total. The summed E-state index contributed by atoms with van der Waals surface area (Å²) in [6.45, 7) is 1.66. The van der Waals surface area contributed by atoms with Crippen LogP contribution in [0, 0.1) is 0 Å². The molecule has 0 saturated carbocycles. The molecule has 68 valence electrons. The normalized spacial score (nSPS) is 11.0. The van der Waals surface area contributed by atoms with E-state index >= 15 is 0 Å². The quantitative estimate of drug-likeness (QED) is 0.659. The van der Waals surface area contributed by atoms with Crippen LogP contribution in [-0.4, -0.2) is 10.9 Å². The number of hydrogen-bond acceptors (Lipinski definition) is 3. The molecule has 0 fully saturated rings. The van der Waals surface area contributed by atoms with Crippen LogP contribution in [0.2, 0.25) is 0 Å². The van der Waals surface area contributed by atoms with Crippen LogP contribution >= 0.6 is 0 Å². The zero-order valence-electron chi connectivity index (χ0n) is 7.32. The minimum atomic E-state index is -0.243. The predicted octanol–water partition coefficient (Wildman–Crippen LogP) is 0.883. The van der Waals surface area contributed by atoms with E-state index in [0.717, 1.165) is 0 Å². The van der Waals surface area contributed by atoms with E-state index in [1.165, 1.54) is 6.08 Å². The van der Waals surface area contributed by atoms with Crippen molar-refractivity contribution in [3.8, 4) is 0 Å². The second kappa shape index (κ2) is 4.25. The Labute approximate surface area is 76.5 Å². The second-order valence-corrected chi connectivity index (χ2v) is 2.62. The summed E-state index contributed by atoms with van der Waals surface area (Å²) in [6.07, 6.45) is 4.53. The first-order chi connectivity index (χ1) is 6.18. The minimum Gasteiger partial charge on any atom is -0.402 e. The number of nitrogens with zero attached hydrogens (tertiary/aromatic N) is 1. The Morgan fingerprint density at radius 3 is 3.00 bits per heavy atom. The molecule has 1 aromatic rings. The molecule has 0 aliphatic carbocycles. The summed E-state index contributed by atoms with van der Waals surface area (Å²) in [7, 11) is 0. The topological polar surface area (TPSA) is 68.0 Å². The first-order valence-electron chi connectivity index (χ1n) is 3.83. The molecule has 1 heterocycles. The molecule has 0 aromatic carbocycles. The Morgan fingerprint density at radius 1 is 1.69 bits per heavy atom. The number of nitrogens with two attached hydrogens (primary N) is 1. The lowest BCUT2D eigenvalue weighted by Crippen LogP contribution is -2.10. The zero-order chi connectivity index (χ0) is 9.68. The maximum atomic E-state index is 11.1. The summed E-state index contributed by atoms with van der Waals surface area (Å²) in [5.74, 6) is -0.243. The van der Waals surface area contributed by atoms with E-state index in [1.807, 2.05) is 0 Å². The van der Waals surface area contributed by atoms with E-state index in [0.29, 0.717) is 11.4 Å². The number of rotatable bonds is 2. The van der Waals surface area contributed by atoms with Crippen molar-refractivity contribution in [2.45, 2.75) is 6.92 Å². The Hall–Kier alpha value is -1.84. The van der Waals surface area contributed by atoms with Gasteiger partial charge in [-0.25, -0.2) is 0 Å². The van der Waals surface area contributed by atoms with E-state index in [2.05, 4.69) is 10.3 Å². The third-order valence-corrected chi connectivity index (χ3v) is 1.29.